The van der Waals surface area contributed by atoms with E-state index in [0.29, 0.717) is 11.3 Å². The zero-order valence-electron chi connectivity index (χ0n) is 15.7. The lowest BCUT2D eigenvalue weighted by molar-refractivity contribution is -0.143. The van der Waals surface area contributed by atoms with E-state index >= 15 is 0 Å². The van der Waals surface area contributed by atoms with Crippen LogP contribution in [0.4, 0.5) is 26.3 Å². The summed E-state index contributed by atoms with van der Waals surface area (Å²) < 4.78 is 82.9. The predicted octanol–water partition coefficient (Wildman–Crippen LogP) is 4.21. The molecule has 31 heavy (non-hydrogen) atoms. The zero-order chi connectivity index (χ0) is 23.6. The number of ether oxygens (including phenoxy) is 1. The molecule has 12 heteroatoms. The molecule has 2 aromatic rings. The minimum Gasteiger partial charge on any atom is -0.495 e. The lowest BCUT2D eigenvalue weighted by Gasteiger charge is -2.18. The maximum Gasteiger partial charge on any atom is 0.416 e. The smallest absolute Gasteiger partial charge is 0.416 e. The lowest BCUT2D eigenvalue weighted by Crippen LogP contribution is -2.46. The molecule has 0 radical (unpaired) electrons. The summed E-state index contributed by atoms with van der Waals surface area (Å²) in [4.78, 5) is 24.1. The Balaban J connectivity index is 2.34. The maximum absolute atomic E-state index is 13.0. The van der Waals surface area contributed by atoms with Crippen molar-refractivity contribution in [3.05, 3.63) is 63.7 Å². The first-order valence-corrected chi connectivity index (χ1v) is 8.82. The molecule has 0 unspecified atom stereocenters. The normalized spacial score (nSPS) is 12.9. The Hall–Kier alpha value is -2.95. The first kappa shape index (κ1) is 24.3. The molecule has 2 rings (SSSR count). The Morgan fingerprint density at radius 2 is 1.58 bits per heavy atom. The van der Waals surface area contributed by atoms with E-state index in [1.165, 1.54) is 25.3 Å². The van der Waals surface area contributed by atoms with Crippen LogP contribution < -0.4 is 15.8 Å². The highest BCUT2D eigenvalue weighted by Crippen LogP contribution is 2.36. The fourth-order valence-electron chi connectivity index (χ4n) is 2.62. The summed E-state index contributed by atoms with van der Waals surface area (Å²) >= 11 is 5.97. The third kappa shape index (κ3) is 6.27. The van der Waals surface area contributed by atoms with Gasteiger partial charge in [0.05, 0.1) is 23.3 Å². The van der Waals surface area contributed by atoms with Gasteiger partial charge in [0.25, 0.3) is 5.91 Å². The van der Waals surface area contributed by atoms with Gasteiger partial charge in [-0.15, -0.1) is 0 Å². The number of methoxy groups -OCH3 is 1. The Kier molecular flexibility index (Phi) is 7.10. The number of nitrogens with one attached hydrogen (secondary N) is 1. The van der Waals surface area contributed by atoms with Crippen LogP contribution in [0.5, 0.6) is 5.75 Å². The standard InChI is InChI=1S/C19H15ClF6N2O3/c1-31-15-3-2-9(4-13(15)20)5-14(16(27)29)28-17(30)10-6-11(18(21,22)23)8-12(7-10)19(24,25)26/h2-4,6-8,14H,5H2,1H3,(H2,27,29)(H,28,30)/t14-/m0/s1. The van der Waals surface area contributed by atoms with Crippen LogP contribution in [0.15, 0.2) is 36.4 Å². The first-order chi connectivity index (χ1) is 14.2. The SMILES string of the molecule is COc1ccc(C[C@H](NC(=O)c2cc(C(F)(F)F)cc(C(F)(F)F)c2)C(N)=O)cc1Cl. The highest BCUT2D eigenvalue weighted by Gasteiger charge is 2.37. The number of primary amides is 1. The number of nitrogens with two attached hydrogens (primary N) is 1. The largest absolute Gasteiger partial charge is 0.495 e. The van der Waals surface area contributed by atoms with Gasteiger partial charge in [0.2, 0.25) is 5.91 Å². The molecule has 0 aliphatic heterocycles. The quantitative estimate of drug-likeness (QED) is 0.623. The average molecular weight is 469 g/mol. The summed E-state index contributed by atoms with van der Waals surface area (Å²) in [5.41, 5.74) is 1.39. The second kappa shape index (κ2) is 9.04. The Labute approximate surface area is 177 Å². The van der Waals surface area contributed by atoms with Crippen molar-refractivity contribution in [1.82, 2.24) is 5.32 Å². The number of benzene rings is 2. The summed E-state index contributed by atoms with van der Waals surface area (Å²) in [7, 11) is 1.37. The second-order valence-electron chi connectivity index (χ2n) is 6.40. The Bertz CT molecular complexity index is 959. The van der Waals surface area contributed by atoms with Gasteiger partial charge in [-0.05, 0) is 35.9 Å². The number of halogens is 7. The molecule has 1 atom stereocenters. The summed E-state index contributed by atoms with van der Waals surface area (Å²) in [6.07, 6.45) is -10.5. The van der Waals surface area contributed by atoms with Gasteiger partial charge in [0.15, 0.2) is 0 Å². The number of amides is 2. The van der Waals surface area contributed by atoms with Crippen LogP contribution in [-0.4, -0.2) is 25.0 Å². The number of carbonyl (C=O) groups excluding carboxylic acids is 2. The highest BCUT2D eigenvalue weighted by molar-refractivity contribution is 6.32. The fraction of sp³-hybridized carbons (Fsp3) is 0.263. The average Bonchev–Trinajstić information content (AvgIpc) is 2.65. The van der Waals surface area contributed by atoms with Crippen LogP contribution in [0.1, 0.15) is 27.0 Å². The molecule has 3 N–H and O–H groups in total. The molecule has 168 valence electrons. The molecule has 0 aliphatic rings. The van der Waals surface area contributed by atoms with E-state index in [9.17, 15) is 35.9 Å². The van der Waals surface area contributed by atoms with E-state index in [1.54, 1.807) is 0 Å². The van der Waals surface area contributed by atoms with Gasteiger partial charge in [-0.1, -0.05) is 17.7 Å². The van der Waals surface area contributed by atoms with Gasteiger partial charge in [-0.2, -0.15) is 26.3 Å². The molecule has 0 aromatic heterocycles. The van der Waals surface area contributed by atoms with Crippen molar-refractivity contribution < 1.29 is 40.7 Å². The summed E-state index contributed by atoms with van der Waals surface area (Å²) in [5.74, 6) is -2.06. The fourth-order valence-corrected chi connectivity index (χ4v) is 2.90. The molecule has 0 fully saturated rings. The number of hydrogen-bond donors (Lipinski definition) is 2. The van der Waals surface area contributed by atoms with Crippen LogP contribution in [0, 0.1) is 0 Å². The number of alkyl halides is 6. The van der Waals surface area contributed by atoms with Crippen molar-refractivity contribution in [3.8, 4) is 5.75 Å². The third-order valence-corrected chi connectivity index (χ3v) is 4.45. The van der Waals surface area contributed by atoms with Crippen LogP contribution in [0.25, 0.3) is 0 Å². The zero-order valence-corrected chi connectivity index (χ0v) is 16.5. The van der Waals surface area contributed by atoms with E-state index < -0.39 is 46.9 Å². The molecule has 0 spiro atoms. The molecular weight excluding hydrogens is 454 g/mol. The molecule has 0 aliphatic carbocycles. The monoisotopic (exact) mass is 468 g/mol. The second-order valence-corrected chi connectivity index (χ2v) is 6.80. The van der Waals surface area contributed by atoms with Crippen LogP contribution >= 0.6 is 11.6 Å². The van der Waals surface area contributed by atoms with Gasteiger partial charge >= 0.3 is 12.4 Å². The van der Waals surface area contributed by atoms with E-state index in [2.05, 4.69) is 5.32 Å². The Morgan fingerprint density at radius 1 is 1.03 bits per heavy atom. The van der Waals surface area contributed by atoms with E-state index in [1.807, 2.05) is 0 Å². The van der Waals surface area contributed by atoms with Crippen LogP contribution in [-0.2, 0) is 23.6 Å². The van der Waals surface area contributed by atoms with Crippen molar-refractivity contribution in [1.29, 1.82) is 0 Å². The van der Waals surface area contributed by atoms with Crippen molar-refractivity contribution in [2.45, 2.75) is 24.8 Å². The minimum absolute atomic E-state index is 0.109. The molecule has 0 saturated heterocycles. The first-order valence-electron chi connectivity index (χ1n) is 8.44. The van der Waals surface area contributed by atoms with Gasteiger partial charge < -0.3 is 15.8 Å². The summed E-state index contributed by atoms with van der Waals surface area (Å²) in [6, 6.07) is 3.36. The Morgan fingerprint density at radius 3 is 2.00 bits per heavy atom. The van der Waals surface area contributed by atoms with Crippen LogP contribution in [0.3, 0.4) is 0 Å². The maximum atomic E-state index is 13.0. The highest BCUT2D eigenvalue weighted by atomic mass is 35.5. The van der Waals surface area contributed by atoms with Crippen molar-refractivity contribution in [2.75, 3.05) is 7.11 Å². The molecule has 0 saturated carbocycles. The topological polar surface area (TPSA) is 81.4 Å². The van der Waals surface area contributed by atoms with E-state index in [0.717, 1.165) is 0 Å². The molecular formula is C19H15ClF6N2O3. The predicted molar refractivity (Wildman–Crippen MR) is 98.6 cm³/mol. The molecule has 0 bridgehead atoms. The number of hydrogen-bond acceptors (Lipinski definition) is 3. The number of carbonyl (C=O) groups is 2. The van der Waals surface area contributed by atoms with Gasteiger partial charge in [-0.25, -0.2) is 0 Å². The minimum atomic E-state index is -5.13. The van der Waals surface area contributed by atoms with Gasteiger partial charge in [0, 0.05) is 12.0 Å². The van der Waals surface area contributed by atoms with Gasteiger partial charge in [-0.3, -0.25) is 9.59 Å². The van der Waals surface area contributed by atoms with Crippen molar-refractivity contribution >= 4 is 23.4 Å². The van der Waals surface area contributed by atoms with E-state index in [-0.39, 0.29) is 29.6 Å². The van der Waals surface area contributed by atoms with Crippen molar-refractivity contribution in [3.63, 3.8) is 0 Å². The lowest BCUT2D eigenvalue weighted by atomic mass is 10.0. The molecule has 2 aromatic carbocycles. The van der Waals surface area contributed by atoms with E-state index in [4.69, 9.17) is 22.1 Å². The van der Waals surface area contributed by atoms with Crippen molar-refractivity contribution in [2.24, 2.45) is 5.73 Å². The third-order valence-electron chi connectivity index (χ3n) is 4.15. The number of rotatable bonds is 6. The molecule has 0 heterocycles. The molecule has 2 amide bonds. The summed E-state index contributed by atoms with van der Waals surface area (Å²) in [6.45, 7) is 0. The van der Waals surface area contributed by atoms with Crippen LogP contribution in [0.2, 0.25) is 5.02 Å². The molecule has 5 nitrogen and oxygen atoms in total. The van der Waals surface area contributed by atoms with Gasteiger partial charge in [0.1, 0.15) is 11.8 Å². The summed E-state index contributed by atoms with van der Waals surface area (Å²) in [5, 5.41) is 2.25.